The molecule has 1 atom stereocenters. The third kappa shape index (κ3) is 16.6. The Labute approximate surface area is 176 Å². The van der Waals surface area contributed by atoms with E-state index < -0.39 is 6.10 Å². The Hall–Kier alpha value is -0.370. The summed E-state index contributed by atoms with van der Waals surface area (Å²) in [5.74, 6) is 0.0847. The van der Waals surface area contributed by atoms with Crippen molar-refractivity contribution >= 4 is 5.78 Å². The van der Waals surface area contributed by atoms with Crippen molar-refractivity contribution in [3.63, 3.8) is 0 Å². The lowest BCUT2D eigenvalue weighted by Gasteiger charge is -2.09. The van der Waals surface area contributed by atoms with E-state index in [0.29, 0.717) is 12.8 Å². The van der Waals surface area contributed by atoms with Gasteiger partial charge in [0.15, 0.2) is 5.78 Å². The van der Waals surface area contributed by atoms with Gasteiger partial charge in [0, 0.05) is 6.42 Å². The van der Waals surface area contributed by atoms with E-state index in [-0.39, 0.29) is 5.78 Å². The van der Waals surface area contributed by atoms with Crippen molar-refractivity contribution in [1.82, 2.24) is 0 Å². The van der Waals surface area contributed by atoms with E-state index >= 15 is 0 Å². The average molecular weight is 395 g/mol. The van der Waals surface area contributed by atoms with Crippen LogP contribution in [0.1, 0.15) is 154 Å². The molecule has 1 aliphatic rings. The summed E-state index contributed by atoms with van der Waals surface area (Å²) in [5.41, 5.74) is 0. The Balaban J connectivity index is 2.14. The monoisotopic (exact) mass is 394 g/mol. The molecule has 0 radical (unpaired) electrons. The molecule has 0 bridgehead atoms. The fraction of sp³-hybridized carbons (Fsp3) is 0.962. The smallest absolute Gasteiger partial charge is 0.161 e. The quantitative estimate of drug-likeness (QED) is 0.448. The molecule has 1 fully saturated rings. The second-order valence-electron chi connectivity index (χ2n) is 9.30. The molecule has 0 aromatic heterocycles. The molecule has 1 N–H and O–H groups in total. The normalized spacial score (nSPS) is 25.9. The van der Waals surface area contributed by atoms with Crippen molar-refractivity contribution in [3.8, 4) is 0 Å². The third-order valence-corrected chi connectivity index (χ3v) is 6.52. The zero-order valence-electron chi connectivity index (χ0n) is 18.9. The van der Waals surface area contributed by atoms with Crippen molar-refractivity contribution in [3.05, 3.63) is 0 Å². The molecule has 0 heterocycles. The lowest BCUT2D eigenvalue weighted by atomic mass is 10.00. The average Bonchev–Trinajstić information content (AvgIpc) is 2.70. The zero-order chi connectivity index (χ0) is 20.1. The van der Waals surface area contributed by atoms with Crippen molar-refractivity contribution in [2.24, 2.45) is 0 Å². The first-order valence-corrected chi connectivity index (χ1v) is 13.0. The van der Waals surface area contributed by atoms with Crippen LogP contribution in [0, 0.1) is 0 Å². The van der Waals surface area contributed by atoms with Gasteiger partial charge in [-0.25, -0.2) is 0 Å². The van der Waals surface area contributed by atoms with Gasteiger partial charge < -0.3 is 5.11 Å². The first kappa shape index (κ1) is 25.7. The summed E-state index contributed by atoms with van der Waals surface area (Å²) in [5, 5.41) is 10.0. The van der Waals surface area contributed by atoms with E-state index in [9.17, 15) is 9.90 Å². The predicted molar refractivity (Wildman–Crippen MR) is 122 cm³/mol. The van der Waals surface area contributed by atoms with Crippen LogP contribution >= 0.6 is 0 Å². The SMILES string of the molecule is O=C1CCCCCCCCCCCCCCCCCCCCCCCCC1O. The Morgan fingerprint density at radius 3 is 1.00 bits per heavy atom. The van der Waals surface area contributed by atoms with Crippen LogP contribution in [0.4, 0.5) is 0 Å². The highest BCUT2D eigenvalue weighted by atomic mass is 16.3. The molecule has 0 amide bonds. The summed E-state index contributed by atoms with van der Waals surface area (Å²) in [6, 6.07) is 0. The lowest BCUT2D eigenvalue weighted by Crippen LogP contribution is -2.19. The Morgan fingerprint density at radius 1 is 0.429 bits per heavy atom. The highest BCUT2D eigenvalue weighted by Gasteiger charge is 2.13. The summed E-state index contributed by atoms with van der Waals surface area (Å²) < 4.78 is 0. The number of ketones is 1. The third-order valence-electron chi connectivity index (χ3n) is 6.52. The van der Waals surface area contributed by atoms with Gasteiger partial charge in [-0.2, -0.15) is 0 Å². The molecule has 1 aliphatic carbocycles. The lowest BCUT2D eigenvalue weighted by molar-refractivity contribution is -0.127. The highest BCUT2D eigenvalue weighted by Crippen LogP contribution is 2.16. The Morgan fingerprint density at radius 2 is 0.679 bits per heavy atom. The van der Waals surface area contributed by atoms with Crippen LogP contribution in [0.3, 0.4) is 0 Å². The standard InChI is InChI=1S/C26H50O2/c27-25-23-21-19-17-15-13-11-9-7-5-3-1-2-4-6-8-10-12-14-16-18-20-22-24-26(25)28/h25,27H,1-24H2. The summed E-state index contributed by atoms with van der Waals surface area (Å²) in [4.78, 5) is 12.0. The van der Waals surface area contributed by atoms with Crippen LogP contribution in [-0.4, -0.2) is 17.0 Å². The molecule has 0 saturated heterocycles. The van der Waals surface area contributed by atoms with Crippen LogP contribution in [0.15, 0.2) is 0 Å². The van der Waals surface area contributed by atoms with Crippen LogP contribution in [0.25, 0.3) is 0 Å². The van der Waals surface area contributed by atoms with Gasteiger partial charge >= 0.3 is 0 Å². The molecule has 1 rings (SSSR count). The number of Topliss-reactive ketones (excluding diaryl/α,β-unsaturated/α-hetero) is 1. The summed E-state index contributed by atoms with van der Waals surface area (Å²) in [6.07, 6.45) is 29.9. The Bertz CT molecular complexity index is 339. The van der Waals surface area contributed by atoms with Gasteiger partial charge in [-0.15, -0.1) is 0 Å². The largest absolute Gasteiger partial charge is 0.385 e. The van der Waals surface area contributed by atoms with E-state index in [1.807, 2.05) is 0 Å². The van der Waals surface area contributed by atoms with Gasteiger partial charge in [0.2, 0.25) is 0 Å². The van der Waals surface area contributed by atoms with E-state index in [1.165, 1.54) is 122 Å². The van der Waals surface area contributed by atoms with E-state index in [2.05, 4.69) is 0 Å². The fourth-order valence-electron chi connectivity index (χ4n) is 4.50. The number of carbonyl (C=O) groups is 1. The van der Waals surface area contributed by atoms with Crippen LogP contribution in [0.5, 0.6) is 0 Å². The molecule has 0 aromatic carbocycles. The molecular formula is C26H50O2. The molecule has 166 valence electrons. The number of carbonyl (C=O) groups excluding carboxylic acids is 1. The molecule has 1 saturated carbocycles. The van der Waals surface area contributed by atoms with E-state index in [0.717, 1.165) is 19.3 Å². The van der Waals surface area contributed by atoms with Crippen LogP contribution < -0.4 is 0 Å². The first-order valence-electron chi connectivity index (χ1n) is 13.0. The molecule has 28 heavy (non-hydrogen) atoms. The van der Waals surface area contributed by atoms with Crippen molar-refractivity contribution < 1.29 is 9.90 Å². The highest BCUT2D eigenvalue weighted by molar-refractivity contribution is 5.82. The fourth-order valence-corrected chi connectivity index (χ4v) is 4.50. The van der Waals surface area contributed by atoms with Crippen LogP contribution in [0.2, 0.25) is 0 Å². The topological polar surface area (TPSA) is 37.3 Å². The second-order valence-corrected chi connectivity index (χ2v) is 9.30. The molecule has 0 aliphatic heterocycles. The van der Waals surface area contributed by atoms with Gasteiger partial charge in [-0.3, -0.25) is 4.79 Å². The summed E-state index contributed by atoms with van der Waals surface area (Å²) in [7, 11) is 0. The van der Waals surface area contributed by atoms with Gasteiger partial charge in [-0.1, -0.05) is 135 Å². The van der Waals surface area contributed by atoms with Gasteiger partial charge in [0.05, 0.1) is 0 Å². The molecular weight excluding hydrogens is 344 g/mol. The zero-order valence-corrected chi connectivity index (χ0v) is 18.9. The second kappa shape index (κ2) is 19.9. The first-order chi connectivity index (χ1) is 13.8. The number of aliphatic hydroxyl groups is 1. The summed E-state index contributed by atoms with van der Waals surface area (Å²) in [6.45, 7) is 0. The minimum atomic E-state index is -0.696. The van der Waals surface area contributed by atoms with Crippen molar-refractivity contribution in [1.29, 1.82) is 0 Å². The van der Waals surface area contributed by atoms with E-state index in [1.54, 1.807) is 0 Å². The maximum Gasteiger partial charge on any atom is 0.161 e. The maximum atomic E-state index is 12.0. The van der Waals surface area contributed by atoms with Gasteiger partial charge in [0.25, 0.3) is 0 Å². The number of hydrogen-bond donors (Lipinski definition) is 1. The van der Waals surface area contributed by atoms with Crippen LogP contribution in [-0.2, 0) is 4.79 Å². The molecule has 2 heteroatoms. The number of aliphatic hydroxyl groups excluding tert-OH is 1. The molecule has 0 spiro atoms. The van der Waals surface area contributed by atoms with Crippen molar-refractivity contribution in [2.45, 2.75) is 160 Å². The maximum absolute atomic E-state index is 12.0. The Kier molecular flexibility index (Phi) is 18.3. The minimum Gasteiger partial charge on any atom is -0.385 e. The molecule has 1 unspecified atom stereocenters. The number of rotatable bonds is 0. The number of hydrogen-bond acceptors (Lipinski definition) is 2. The molecule has 0 aromatic rings. The summed E-state index contributed by atoms with van der Waals surface area (Å²) >= 11 is 0. The predicted octanol–water partition coefficient (Wildman–Crippen LogP) is 8.29. The van der Waals surface area contributed by atoms with Crippen molar-refractivity contribution in [2.75, 3.05) is 0 Å². The van der Waals surface area contributed by atoms with Gasteiger partial charge in [-0.05, 0) is 12.8 Å². The van der Waals surface area contributed by atoms with Gasteiger partial charge in [0.1, 0.15) is 6.10 Å². The molecule has 2 nitrogen and oxygen atoms in total. The minimum absolute atomic E-state index is 0.0847. The van der Waals surface area contributed by atoms with E-state index in [4.69, 9.17) is 0 Å².